The van der Waals surface area contributed by atoms with Crippen molar-refractivity contribution in [2.24, 2.45) is 4.99 Å². The van der Waals surface area contributed by atoms with Gasteiger partial charge in [-0.1, -0.05) is 12.1 Å². The molecule has 2 aromatic rings. The van der Waals surface area contributed by atoms with Crippen LogP contribution >= 0.6 is 0 Å². The number of likely N-dealkylation sites (tertiary alicyclic amines) is 1. The molecule has 0 bridgehead atoms. The summed E-state index contributed by atoms with van der Waals surface area (Å²) >= 11 is 0. The number of carbonyl (C=O) groups is 3. The van der Waals surface area contributed by atoms with Gasteiger partial charge in [0.2, 0.25) is 11.8 Å². The normalized spacial score (nSPS) is 23.7. The largest absolute Gasteiger partial charge is 0.444 e. The predicted molar refractivity (Wildman–Crippen MR) is 200 cm³/mol. The molecule has 5 heterocycles. The summed E-state index contributed by atoms with van der Waals surface area (Å²) in [6, 6.07) is 17.4. The first-order valence-electron chi connectivity index (χ1n) is 18.6. The first-order valence-corrected chi connectivity index (χ1v) is 18.6. The molecule has 0 spiro atoms. The van der Waals surface area contributed by atoms with Crippen LogP contribution in [0.3, 0.4) is 0 Å². The summed E-state index contributed by atoms with van der Waals surface area (Å²) in [5.41, 5.74) is 6.17. The zero-order valence-corrected chi connectivity index (χ0v) is 30.1. The maximum atomic E-state index is 12.6. The van der Waals surface area contributed by atoms with Gasteiger partial charge in [0.25, 0.3) is 0 Å². The van der Waals surface area contributed by atoms with Crippen LogP contribution in [-0.2, 0) is 14.3 Å². The highest BCUT2D eigenvalue weighted by molar-refractivity contribution is 6.01. The van der Waals surface area contributed by atoms with Crippen LogP contribution < -0.4 is 26.2 Å². The van der Waals surface area contributed by atoms with E-state index in [1.807, 2.05) is 27.0 Å². The van der Waals surface area contributed by atoms with Crippen molar-refractivity contribution < 1.29 is 19.1 Å². The maximum Gasteiger partial charge on any atom is 0.410 e. The number of amides is 3. The molecule has 3 saturated heterocycles. The van der Waals surface area contributed by atoms with Gasteiger partial charge in [-0.3, -0.25) is 14.9 Å². The van der Waals surface area contributed by atoms with Crippen LogP contribution in [0.2, 0.25) is 0 Å². The Morgan fingerprint density at radius 1 is 0.843 bits per heavy atom. The number of imide groups is 1. The van der Waals surface area contributed by atoms with Crippen LogP contribution in [0.4, 0.5) is 21.9 Å². The highest BCUT2D eigenvalue weighted by atomic mass is 16.6. The number of aliphatic imine (C=N–C) groups is 1. The average molecular weight is 697 g/mol. The highest BCUT2D eigenvalue weighted by Crippen LogP contribution is 2.32. The minimum Gasteiger partial charge on any atom is -0.444 e. The first-order chi connectivity index (χ1) is 24.6. The van der Waals surface area contributed by atoms with Gasteiger partial charge in [0, 0.05) is 61.1 Å². The summed E-state index contributed by atoms with van der Waals surface area (Å²) in [6.45, 7) is 11.1. The fraction of sp³-hybridized carbons (Fsp3) is 0.538. The number of ether oxygens (including phenoxy) is 1. The predicted octanol–water partition coefficient (Wildman–Crippen LogP) is 5.02. The third kappa shape index (κ3) is 8.66. The second-order valence-electron chi connectivity index (χ2n) is 15.5. The van der Waals surface area contributed by atoms with E-state index in [0.29, 0.717) is 37.9 Å². The Kier molecular flexibility index (Phi) is 10.2. The highest BCUT2D eigenvalue weighted by Gasteiger charge is 2.31. The van der Waals surface area contributed by atoms with Crippen molar-refractivity contribution in [3.8, 4) is 0 Å². The molecule has 3 fully saturated rings. The van der Waals surface area contributed by atoms with E-state index in [-0.39, 0.29) is 30.2 Å². The molecule has 7 rings (SSSR count). The lowest BCUT2D eigenvalue weighted by Gasteiger charge is -2.42. The second-order valence-corrected chi connectivity index (χ2v) is 15.5. The first kappa shape index (κ1) is 34.9. The summed E-state index contributed by atoms with van der Waals surface area (Å²) in [7, 11) is 0. The Labute approximate surface area is 301 Å². The lowest BCUT2D eigenvalue weighted by atomic mass is 9.88. The van der Waals surface area contributed by atoms with Crippen molar-refractivity contribution in [1.82, 2.24) is 20.4 Å². The number of hydrogen-bond acceptors (Lipinski definition) is 10. The molecule has 0 saturated carbocycles. The van der Waals surface area contributed by atoms with Crippen LogP contribution in [0.25, 0.3) is 0 Å². The van der Waals surface area contributed by atoms with Crippen molar-refractivity contribution in [2.75, 3.05) is 54.8 Å². The summed E-state index contributed by atoms with van der Waals surface area (Å²) < 4.78 is 5.59. The van der Waals surface area contributed by atoms with Crippen LogP contribution in [0.5, 0.6) is 0 Å². The number of nitrogens with one attached hydrogen (secondary N) is 4. The fourth-order valence-corrected chi connectivity index (χ4v) is 7.88. The van der Waals surface area contributed by atoms with Crippen molar-refractivity contribution in [2.45, 2.75) is 95.6 Å². The molecule has 0 radical (unpaired) electrons. The van der Waals surface area contributed by atoms with Crippen molar-refractivity contribution in [1.29, 1.82) is 0 Å². The molecule has 272 valence electrons. The molecule has 5 aliphatic rings. The van der Waals surface area contributed by atoms with Gasteiger partial charge in [-0.25, -0.2) is 9.79 Å². The summed E-state index contributed by atoms with van der Waals surface area (Å²) in [5.74, 6) is 0.123. The lowest BCUT2D eigenvalue weighted by molar-refractivity contribution is -0.133. The van der Waals surface area contributed by atoms with Gasteiger partial charge in [-0.15, -0.1) is 0 Å². The molecule has 2 unspecified atom stereocenters. The molecule has 0 aromatic heterocycles. The Morgan fingerprint density at radius 3 is 2.22 bits per heavy atom. The van der Waals surface area contributed by atoms with E-state index in [1.165, 1.54) is 24.1 Å². The van der Waals surface area contributed by atoms with Gasteiger partial charge in [0.05, 0.1) is 6.54 Å². The van der Waals surface area contributed by atoms with Gasteiger partial charge in [0.1, 0.15) is 11.6 Å². The van der Waals surface area contributed by atoms with Crippen LogP contribution in [0, 0.1) is 0 Å². The molecule has 4 N–H and O–H groups in total. The van der Waals surface area contributed by atoms with Gasteiger partial charge in [-0.05, 0) is 126 Å². The molecule has 2 atom stereocenters. The number of piperidine rings is 3. The molecule has 3 amide bonds. The van der Waals surface area contributed by atoms with Crippen molar-refractivity contribution in [3.05, 3.63) is 65.4 Å². The number of benzene rings is 2. The van der Waals surface area contributed by atoms with E-state index in [9.17, 15) is 14.4 Å². The third-order valence-corrected chi connectivity index (χ3v) is 10.7. The average Bonchev–Trinajstić information content (AvgIpc) is 3.13. The molecule has 2 aromatic carbocycles. The topological polar surface area (TPSA) is 131 Å². The van der Waals surface area contributed by atoms with E-state index < -0.39 is 5.60 Å². The zero-order chi connectivity index (χ0) is 35.5. The molecule has 0 aliphatic carbocycles. The summed E-state index contributed by atoms with van der Waals surface area (Å²) in [5, 5.41) is 12.7. The molecular formula is C39H52N8O4. The monoisotopic (exact) mass is 696 g/mol. The van der Waals surface area contributed by atoms with E-state index in [4.69, 9.17) is 4.74 Å². The van der Waals surface area contributed by atoms with Crippen LogP contribution in [0.1, 0.15) is 77.2 Å². The molecule has 51 heavy (non-hydrogen) atoms. The van der Waals surface area contributed by atoms with E-state index >= 15 is 0 Å². The number of anilines is 3. The summed E-state index contributed by atoms with van der Waals surface area (Å²) in [4.78, 5) is 47.8. The molecule has 12 heteroatoms. The fourth-order valence-electron chi connectivity index (χ4n) is 7.88. The van der Waals surface area contributed by atoms with Gasteiger partial charge < -0.3 is 35.4 Å². The summed E-state index contributed by atoms with van der Waals surface area (Å²) in [6.07, 6.45) is 7.67. The SMILES string of the molecule is CC(C)(C)OC(=O)N1CCC2=C(C1)NC(Nc1ccc(N3CCC(N4CCC(c5ccc(NC6CCC(=O)NC6=O)cc5)CC4)CC3)cc1)N=C2. The standard InChI is InChI=1S/C39H52N8O4/c1-39(2,3)51-38(50)47-21-16-28-24-40-37(43-34(28)25-47)42-30-8-10-31(11-9-30)46-22-17-32(18-23-46)45-19-14-27(15-20-45)26-4-6-29(7-5-26)41-33-12-13-35(48)44-36(33)49/h4-11,24,27,32-33,37,41-43H,12-23,25H2,1-3H3,(H,44,48,49). The second kappa shape index (κ2) is 15.0. The van der Waals surface area contributed by atoms with Gasteiger partial charge in [-0.2, -0.15) is 0 Å². The third-order valence-electron chi connectivity index (χ3n) is 10.7. The number of nitrogens with zero attached hydrogens (tertiary/aromatic N) is 4. The van der Waals surface area contributed by atoms with Gasteiger partial charge in [0.15, 0.2) is 6.29 Å². The Hall–Kier alpha value is -4.58. The molecular weight excluding hydrogens is 644 g/mol. The van der Waals surface area contributed by atoms with E-state index in [2.05, 4.69) is 84.6 Å². The lowest BCUT2D eigenvalue weighted by Crippen LogP contribution is -2.47. The Morgan fingerprint density at radius 2 is 1.53 bits per heavy atom. The minimum absolute atomic E-state index is 0.193. The molecule has 5 aliphatic heterocycles. The van der Waals surface area contributed by atoms with Crippen LogP contribution in [-0.4, -0.2) is 97.2 Å². The quantitative estimate of drug-likeness (QED) is 0.295. The number of carbonyl (C=O) groups excluding carboxylic acids is 3. The smallest absolute Gasteiger partial charge is 0.410 e. The van der Waals surface area contributed by atoms with Crippen molar-refractivity contribution in [3.63, 3.8) is 0 Å². The zero-order valence-electron chi connectivity index (χ0n) is 30.1. The number of rotatable bonds is 7. The van der Waals surface area contributed by atoms with Gasteiger partial charge >= 0.3 is 6.09 Å². The van der Waals surface area contributed by atoms with Crippen LogP contribution in [0.15, 0.2) is 64.8 Å². The van der Waals surface area contributed by atoms with E-state index in [1.54, 1.807) is 4.90 Å². The van der Waals surface area contributed by atoms with Crippen molar-refractivity contribution >= 4 is 41.2 Å². The maximum absolute atomic E-state index is 12.6. The Balaban J connectivity index is 0.832. The minimum atomic E-state index is -0.518. The number of hydrogen-bond donors (Lipinski definition) is 4. The van der Waals surface area contributed by atoms with E-state index in [0.717, 1.165) is 68.1 Å². The Bertz CT molecular complexity index is 1630. The molecule has 12 nitrogen and oxygen atoms in total.